The summed E-state index contributed by atoms with van der Waals surface area (Å²) in [6.07, 6.45) is 1.56. The number of carbonyl (C=O) groups excluding carboxylic acids is 1. The highest BCUT2D eigenvalue weighted by atomic mass is 35.5. The predicted octanol–water partition coefficient (Wildman–Crippen LogP) is 3.07. The summed E-state index contributed by atoms with van der Waals surface area (Å²) in [5.41, 5.74) is 0.659. The third-order valence-corrected chi connectivity index (χ3v) is 2.77. The van der Waals surface area contributed by atoms with Crippen LogP contribution in [-0.4, -0.2) is 25.4 Å². The first-order valence-corrected chi connectivity index (χ1v) is 5.93. The van der Waals surface area contributed by atoms with Crippen molar-refractivity contribution in [2.45, 2.75) is 18.9 Å². The van der Waals surface area contributed by atoms with Gasteiger partial charge in [-0.3, -0.25) is 5.32 Å². The van der Waals surface area contributed by atoms with Crippen LogP contribution in [0.25, 0.3) is 0 Å². The predicted molar refractivity (Wildman–Crippen MR) is 65.4 cm³/mol. The number of rotatable bonds is 3. The quantitative estimate of drug-likeness (QED) is 0.903. The smallest absolute Gasteiger partial charge is 0.411 e. The molecule has 0 spiro atoms. The van der Waals surface area contributed by atoms with Crippen LogP contribution in [0, 0.1) is 0 Å². The van der Waals surface area contributed by atoms with Crippen molar-refractivity contribution in [1.29, 1.82) is 0 Å². The van der Waals surface area contributed by atoms with Crippen LogP contribution in [0.15, 0.2) is 24.3 Å². The number of carbonyl (C=O) groups is 1. The molecule has 0 radical (unpaired) electrons. The molecule has 1 aromatic rings. The van der Waals surface area contributed by atoms with Gasteiger partial charge in [-0.05, 0) is 37.1 Å². The molecular formula is C12H14ClNO3. The molecule has 0 aromatic heterocycles. The van der Waals surface area contributed by atoms with Gasteiger partial charge in [-0.2, -0.15) is 0 Å². The third kappa shape index (κ3) is 3.91. The maximum absolute atomic E-state index is 11.4. The van der Waals surface area contributed by atoms with Gasteiger partial charge in [0.1, 0.15) is 6.61 Å². The second-order valence-electron chi connectivity index (χ2n) is 3.87. The lowest BCUT2D eigenvalue weighted by atomic mass is 10.2. The number of hydrogen-bond donors (Lipinski definition) is 1. The molecule has 2 rings (SSSR count). The van der Waals surface area contributed by atoms with Crippen molar-refractivity contribution < 1.29 is 14.3 Å². The van der Waals surface area contributed by atoms with Crippen LogP contribution in [0.4, 0.5) is 10.5 Å². The summed E-state index contributed by atoms with van der Waals surface area (Å²) >= 11 is 5.73. The van der Waals surface area contributed by atoms with Crippen molar-refractivity contribution in [3.05, 3.63) is 29.3 Å². The zero-order valence-electron chi connectivity index (χ0n) is 9.32. The number of halogens is 1. The Balaban J connectivity index is 1.74. The average Bonchev–Trinajstić information content (AvgIpc) is 2.83. The topological polar surface area (TPSA) is 47.6 Å². The summed E-state index contributed by atoms with van der Waals surface area (Å²) in [6.45, 7) is 1.06. The van der Waals surface area contributed by atoms with Gasteiger partial charge in [0.2, 0.25) is 0 Å². The van der Waals surface area contributed by atoms with Crippen LogP contribution in [-0.2, 0) is 9.47 Å². The summed E-state index contributed by atoms with van der Waals surface area (Å²) in [4.78, 5) is 11.4. The Bertz CT molecular complexity index is 374. The Labute approximate surface area is 105 Å². The molecule has 0 bridgehead atoms. The first-order chi connectivity index (χ1) is 8.24. The maximum atomic E-state index is 11.4. The van der Waals surface area contributed by atoms with Gasteiger partial charge in [0.15, 0.2) is 0 Å². The van der Waals surface area contributed by atoms with Crippen molar-refractivity contribution in [1.82, 2.24) is 0 Å². The van der Waals surface area contributed by atoms with E-state index in [-0.39, 0.29) is 6.10 Å². The van der Waals surface area contributed by atoms with E-state index < -0.39 is 6.09 Å². The number of anilines is 1. The van der Waals surface area contributed by atoms with Gasteiger partial charge in [0, 0.05) is 17.3 Å². The number of amides is 1. The van der Waals surface area contributed by atoms with Crippen LogP contribution < -0.4 is 5.32 Å². The summed E-state index contributed by atoms with van der Waals surface area (Å²) in [7, 11) is 0. The van der Waals surface area contributed by atoms with Crippen LogP contribution in [0.3, 0.4) is 0 Å². The fraction of sp³-hybridized carbons (Fsp3) is 0.417. The van der Waals surface area contributed by atoms with Gasteiger partial charge in [-0.15, -0.1) is 0 Å². The average molecular weight is 256 g/mol. The first kappa shape index (κ1) is 12.2. The lowest BCUT2D eigenvalue weighted by Gasteiger charge is -2.11. The van der Waals surface area contributed by atoms with Crippen molar-refractivity contribution in [3.63, 3.8) is 0 Å². The second-order valence-corrected chi connectivity index (χ2v) is 4.30. The summed E-state index contributed by atoms with van der Waals surface area (Å²) in [5, 5.41) is 3.25. The summed E-state index contributed by atoms with van der Waals surface area (Å²) < 4.78 is 10.4. The molecule has 1 atom stereocenters. The third-order valence-electron chi connectivity index (χ3n) is 2.51. The van der Waals surface area contributed by atoms with E-state index in [1.807, 2.05) is 0 Å². The highest BCUT2D eigenvalue weighted by Gasteiger charge is 2.17. The van der Waals surface area contributed by atoms with Crippen molar-refractivity contribution in [3.8, 4) is 0 Å². The zero-order chi connectivity index (χ0) is 12.1. The van der Waals surface area contributed by atoms with E-state index in [9.17, 15) is 4.79 Å². The monoisotopic (exact) mass is 255 g/mol. The molecule has 0 aliphatic carbocycles. The molecule has 1 fully saturated rings. The Morgan fingerprint density at radius 2 is 2.24 bits per heavy atom. The molecule has 1 aliphatic heterocycles. The SMILES string of the molecule is O=C(Nc1ccc(Cl)cc1)OC[C@H]1CCCO1. The van der Waals surface area contributed by atoms with Crippen molar-refractivity contribution >= 4 is 23.4 Å². The van der Waals surface area contributed by atoms with E-state index in [0.29, 0.717) is 17.3 Å². The molecule has 17 heavy (non-hydrogen) atoms. The molecule has 1 N–H and O–H groups in total. The minimum atomic E-state index is -0.470. The lowest BCUT2D eigenvalue weighted by molar-refractivity contribution is 0.0484. The largest absolute Gasteiger partial charge is 0.447 e. The van der Waals surface area contributed by atoms with Gasteiger partial charge < -0.3 is 9.47 Å². The van der Waals surface area contributed by atoms with E-state index >= 15 is 0 Å². The molecule has 0 saturated carbocycles. The second kappa shape index (κ2) is 5.89. The molecule has 5 heteroatoms. The van der Waals surface area contributed by atoms with E-state index in [1.54, 1.807) is 24.3 Å². The number of hydrogen-bond acceptors (Lipinski definition) is 3. The summed E-state index contributed by atoms with van der Waals surface area (Å²) in [5.74, 6) is 0. The number of benzene rings is 1. The van der Waals surface area contributed by atoms with Gasteiger partial charge in [0.25, 0.3) is 0 Å². The van der Waals surface area contributed by atoms with Crippen LogP contribution in [0.5, 0.6) is 0 Å². The summed E-state index contributed by atoms with van der Waals surface area (Å²) in [6, 6.07) is 6.85. The highest BCUT2D eigenvalue weighted by molar-refractivity contribution is 6.30. The fourth-order valence-corrected chi connectivity index (χ4v) is 1.76. The fourth-order valence-electron chi connectivity index (χ4n) is 1.63. The molecule has 1 heterocycles. The van der Waals surface area contributed by atoms with Crippen LogP contribution in [0.1, 0.15) is 12.8 Å². The maximum Gasteiger partial charge on any atom is 0.411 e. The number of nitrogens with one attached hydrogen (secondary N) is 1. The van der Waals surface area contributed by atoms with E-state index in [1.165, 1.54) is 0 Å². The minimum absolute atomic E-state index is 0.0472. The minimum Gasteiger partial charge on any atom is -0.447 e. The van der Waals surface area contributed by atoms with Crippen LogP contribution in [0.2, 0.25) is 5.02 Å². The normalized spacial score (nSPS) is 19.0. The number of ether oxygens (including phenoxy) is 2. The molecule has 4 nitrogen and oxygen atoms in total. The molecule has 1 aliphatic rings. The standard InChI is InChI=1S/C12H14ClNO3/c13-9-3-5-10(6-4-9)14-12(15)17-8-11-2-1-7-16-11/h3-6,11H,1-2,7-8H2,(H,14,15)/t11-/m1/s1. The van der Waals surface area contributed by atoms with Gasteiger partial charge in [0.05, 0.1) is 6.10 Å². The van der Waals surface area contributed by atoms with Gasteiger partial charge >= 0.3 is 6.09 Å². The molecular weight excluding hydrogens is 242 g/mol. The Morgan fingerprint density at radius 3 is 2.88 bits per heavy atom. The van der Waals surface area contributed by atoms with Crippen LogP contribution >= 0.6 is 11.6 Å². The Morgan fingerprint density at radius 1 is 1.47 bits per heavy atom. The van der Waals surface area contributed by atoms with Crippen molar-refractivity contribution in [2.24, 2.45) is 0 Å². The highest BCUT2D eigenvalue weighted by Crippen LogP contribution is 2.14. The Kier molecular flexibility index (Phi) is 4.23. The zero-order valence-corrected chi connectivity index (χ0v) is 10.1. The van der Waals surface area contributed by atoms with E-state index in [0.717, 1.165) is 19.4 Å². The van der Waals surface area contributed by atoms with Gasteiger partial charge in [-0.1, -0.05) is 11.6 Å². The molecule has 0 unspecified atom stereocenters. The van der Waals surface area contributed by atoms with Gasteiger partial charge in [-0.25, -0.2) is 4.79 Å². The first-order valence-electron chi connectivity index (χ1n) is 5.55. The van der Waals surface area contributed by atoms with Crippen molar-refractivity contribution in [2.75, 3.05) is 18.5 Å². The van der Waals surface area contributed by atoms with E-state index in [2.05, 4.69) is 5.32 Å². The molecule has 92 valence electrons. The molecule has 1 amide bonds. The molecule has 1 saturated heterocycles. The Hall–Kier alpha value is -1.26. The lowest BCUT2D eigenvalue weighted by Crippen LogP contribution is -2.21. The van der Waals surface area contributed by atoms with E-state index in [4.69, 9.17) is 21.1 Å². The molecule has 1 aromatic carbocycles.